The van der Waals surface area contributed by atoms with E-state index in [0.717, 1.165) is 23.9 Å². The molecule has 0 N–H and O–H groups in total. The summed E-state index contributed by atoms with van der Waals surface area (Å²) >= 11 is 1.80. The summed E-state index contributed by atoms with van der Waals surface area (Å²) in [5.74, 6) is 1.67. The van der Waals surface area contributed by atoms with E-state index in [-0.39, 0.29) is 0 Å². The molecule has 2 fully saturated rings. The number of hydrogen-bond acceptors (Lipinski definition) is 5. The lowest BCUT2D eigenvalue weighted by atomic mass is 10.1. The van der Waals surface area contributed by atoms with Gasteiger partial charge in [0.05, 0.1) is 18.6 Å². The molecular formula is C15H19N3OS. The Morgan fingerprint density at radius 1 is 1.25 bits per heavy atom. The summed E-state index contributed by atoms with van der Waals surface area (Å²) in [5, 5.41) is 1.22. The Balaban J connectivity index is 1.72. The number of rotatable bonds is 3. The Hall–Kier alpha value is -1.20. The second-order valence-electron chi connectivity index (χ2n) is 5.85. The highest BCUT2D eigenvalue weighted by Gasteiger charge is 2.26. The molecule has 0 aromatic carbocycles. The van der Waals surface area contributed by atoms with Crippen LogP contribution in [-0.2, 0) is 4.74 Å². The SMILES string of the molecule is CN(c1ncnc2sc(C3COC3)cc12)C1CCCC1. The zero-order valence-corrected chi connectivity index (χ0v) is 12.5. The third-order valence-electron chi connectivity index (χ3n) is 4.57. The molecule has 106 valence electrons. The van der Waals surface area contributed by atoms with Crippen molar-refractivity contribution in [1.29, 1.82) is 0 Å². The van der Waals surface area contributed by atoms with E-state index >= 15 is 0 Å². The molecule has 2 aromatic rings. The summed E-state index contributed by atoms with van der Waals surface area (Å²) in [6.45, 7) is 1.71. The van der Waals surface area contributed by atoms with Gasteiger partial charge in [-0.15, -0.1) is 11.3 Å². The van der Waals surface area contributed by atoms with Crippen LogP contribution >= 0.6 is 11.3 Å². The molecular weight excluding hydrogens is 270 g/mol. The van der Waals surface area contributed by atoms with Crippen LogP contribution in [0.4, 0.5) is 5.82 Å². The molecule has 2 aliphatic rings. The van der Waals surface area contributed by atoms with Gasteiger partial charge in [0.25, 0.3) is 0 Å². The van der Waals surface area contributed by atoms with Gasteiger partial charge in [-0.2, -0.15) is 0 Å². The van der Waals surface area contributed by atoms with E-state index in [0.29, 0.717) is 12.0 Å². The Labute approximate surface area is 122 Å². The molecule has 0 atom stereocenters. The second kappa shape index (κ2) is 4.97. The van der Waals surface area contributed by atoms with Crippen LogP contribution in [0.15, 0.2) is 12.4 Å². The summed E-state index contributed by atoms with van der Waals surface area (Å²) in [5.41, 5.74) is 0. The Kier molecular flexibility index (Phi) is 3.11. The van der Waals surface area contributed by atoms with Crippen LogP contribution in [0.1, 0.15) is 36.5 Å². The van der Waals surface area contributed by atoms with E-state index in [1.54, 1.807) is 17.7 Å². The van der Waals surface area contributed by atoms with Gasteiger partial charge in [-0.05, 0) is 18.9 Å². The van der Waals surface area contributed by atoms with Crippen LogP contribution in [0, 0.1) is 0 Å². The zero-order chi connectivity index (χ0) is 13.5. The van der Waals surface area contributed by atoms with Crippen molar-refractivity contribution >= 4 is 27.4 Å². The molecule has 4 rings (SSSR count). The zero-order valence-electron chi connectivity index (χ0n) is 11.7. The van der Waals surface area contributed by atoms with Crippen LogP contribution in [0.25, 0.3) is 10.2 Å². The van der Waals surface area contributed by atoms with E-state index in [2.05, 4.69) is 28.0 Å². The average molecular weight is 289 g/mol. The minimum atomic E-state index is 0.568. The third kappa shape index (κ3) is 2.00. The first-order valence-corrected chi connectivity index (χ1v) is 8.19. The maximum Gasteiger partial charge on any atom is 0.140 e. The molecule has 1 aliphatic heterocycles. The van der Waals surface area contributed by atoms with E-state index in [9.17, 15) is 0 Å². The van der Waals surface area contributed by atoms with Crippen molar-refractivity contribution in [3.63, 3.8) is 0 Å². The number of fused-ring (bicyclic) bond motifs is 1. The van der Waals surface area contributed by atoms with Crippen molar-refractivity contribution in [3.05, 3.63) is 17.3 Å². The predicted molar refractivity (Wildman–Crippen MR) is 81.6 cm³/mol. The predicted octanol–water partition coefficient (Wildman–Crippen LogP) is 3.18. The fourth-order valence-electron chi connectivity index (χ4n) is 3.21. The number of aromatic nitrogens is 2. The molecule has 1 saturated carbocycles. The quantitative estimate of drug-likeness (QED) is 0.870. The maximum absolute atomic E-state index is 5.30. The first-order valence-electron chi connectivity index (χ1n) is 7.38. The molecule has 20 heavy (non-hydrogen) atoms. The van der Waals surface area contributed by atoms with Crippen LogP contribution in [0.5, 0.6) is 0 Å². The number of ether oxygens (including phenoxy) is 1. The fourth-order valence-corrected chi connectivity index (χ4v) is 4.27. The largest absolute Gasteiger partial charge is 0.380 e. The van der Waals surface area contributed by atoms with Gasteiger partial charge in [-0.3, -0.25) is 0 Å². The Morgan fingerprint density at radius 2 is 2.05 bits per heavy atom. The van der Waals surface area contributed by atoms with Gasteiger partial charge in [0, 0.05) is 23.9 Å². The molecule has 0 radical (unpaired) electrons. The molecule has 0 bridgehead atoms. The minimum Gasteiger partial charge on any atom is -0.380 e. The Morgan fingerprint density at radius 3 is 2.75 bits per heavy atom. The van der Waals surface area contributed by atoms with Crippen LogP contribution < -0.4 is 4.90 Å². The molecule has 0 spiro atoms. The van der Waals surface area contributed by atoms with Gasteiger partial charge >= 0.3 is 0 Å². The monoisotopic (exact) mass is 289 g/mol. The standard InChI is InChI=1S/C15H19N3OS/c1-18(11-4-2-3-5-11)14-12-6-13(10-7-19-8-10)20-15(12)17-9-16-14/h6,9-11H,2-5,7-8H2,1H3. The van der Waals surface area contributed by atoms with Crippen molar-refractivity contribution in [2.45, 2.75) is 37.6 Å². The maximum atomic E-state index is 5.30. The second-order valence-corrected chi connectivity index (χ2v) is 6.91. The summed E-state index contributed by atoms with van der Waals surface area (Å²) in [7, 11) is 2.18. The number of thiophene rings is 1. The fraction of sp³-hybridized carbons (Fsp3) is 0.600. The summed E-state index contributed by atoms with van der Waals surface area (Å²) < 4.78 is 5.30. The van der Waals surface area contributed by atoms with Gasteiger partial charge < -0.3 is 9.64 Å². The van der Waals surface area contributed by atoms with Gasteiger partial charge in [0.1, 0.15) is 17.0 Å². The van der Waals surface area contributed by atoms with Crippen molar-refractivity contribution in [2.75, 3.05) is 25.2 Å². The highest BCUT2D eigenvalue weighted by molar-refractivity contribution is 7.18. The molecule has 5 heteroatoms. The number of hydrogen-bond donors (Lipinski definition) is 0. The third-order valence-corrected chi connectivity index (χ3v) is 5.78. The molecule has 3 heterocycles. The van der Waals surface area contributed by atoms with Gasteiger partial charge in [0.15, 0.2) is 0 Å². The molecule has 2 aromatic heterocycles. The summed E-state index contributed by atoms with van der Waals surface area (Å²) in [4.78, 5) is 13.9. The van der Waals surface area contributed by atoms with E-state index in [4.69, 9.17) is 4.74 Å². The van der Waals surface area contributed by atoms with Crippen molar-refractivity contribution < 1.29 is 4.74 Å². The van der Waals surface area contributed by atoms with Crippen LogP contribution in [-0.4, -0.2) is 36.3 Å². The average Bonchev–Trinajstić information content (AvgIpc) is 3.04. The van der Waals surface area contributed by atoms with Gasteiger partial charge in [-0.25, -0.2) is 9.97 Å². The molecule has 4 nitrogen and oxygen atoms in total. The highest BCUT2D eigenvalue weighted by atomic mass is 32.1. The van der Waals surface area contributed by atoms with Crippen molar-refractivity contribution in [3.8, 4) is 0 Å². The number of nitrogens with zero attached hydrogens (tertiary/aromatic N) is 3. The van der Waals surface area contributed by atoms with Crippen molar-refractivity contribution in [2.24, 2.45) is 0 Å². The van der Waals surface area contributed by atoms with Gasteiger partial charge in [-0.1, -0.05) is 12.8 Å². The first kappa shape index (κ1) is 12.5. The first-order chi connectivity index (χ1) is 9.83. The molecule has 1 saturated heterocycles. The lowest BCUT2D eigenvalue weighted by Crippen LogP contribution is -2.29. The minimum absolute atomic E-state index is 0.568. The van der Waals surface area contributed by atoms with Crippen molar-refractivity contribution in [1.82, 2.24) is 9.97 Å². The molecule has 0 amide bonds. The highest BCUT2D eigenvalue weighted by Crippen LogP contribution is 2.37. The molecule has 0 unspecified atom stereocenters. The Bertz CT molecular complexity index is 617. The summed E-state index contributed by atoms with van der Waals surface area (Å²) in [6, 6.07) is 2.93. The summed E-state index contributed by atoms with van der Waals surface area (Å²) in [6.07, 6.45) is 6.97. The van der Waals surface area contributed by atoms with Gasteiger partial charge in [0.2, 0.25) is 0 Å². The number of anilines is 1. The lowest BCUT2D eigenvalue weighted by Gasteiger charge is -2.26. The van der Waals surface area contributed by atoms with Crippen LogP contribution in [0.2, 0.25) is 0 Å². The topological polar surface area (TPSA) is 38.2 Å². The normalized spacial score (nSPS) is 20.4. The van der Waals surface area contributed by atoms with E-state index < -0.39 is 0 Å². The lowest BCUT2D eigenvalue weighted by molar-refractivity contribution is 0.00991. The molecule has 1 aliphatic carbocycles. The van der Waals surface area contributed by atoms with E-state index in [1.165, 1.54) is 35.9 Å². The van der Waals surface area contributed by atoms with Crippen LogP contribution in [0.3, 0.4) is 0 Å². The smallest absolute Gasteiger partial charge is 0.140 e. The van der Waals surface area contributed by atoms with E-state index in [1.807, 2.05) is 0 Å².